The first-order valence-electron chi connectivity index (χ1n) is 5.30. The van der Waals surface area contributed by atoms with Gasteiger partial charge in [-0.25, -0.2) is 0 Å². The quantitative estimate of drug-likeness (QED) is 0.732. The van der Waals surface area contributed by atoms with E-state index in [2.05, 4.69) is 0 Å². The summed E-state index contributed by atoms with van der Waals surface area (Å²) in [6.45, 7) is 4.44. The van der Waals surface area contributed by atoms with Gasteiger partial charge in [0.2, 0.25) is 0 Å². The largest absolute Gasteiger partial charge is 0.418 e. The average Bonchev–Trinajstić information content (AvgIpc) is 2.58. The highest BCUT2D eigenvalue weighted by atomic mass is 19.4. The van der Waals surface area contributed by atoms with Crippen molar-refractivity contribution in [1.29, 1.82) is 0 Å². The van der Waals surface area contributed by atoms with Crippen molar-refractivity contribution < 1.29 is 18.3 Å². The molecule has 1 heterocycles. The minimum Gasteiger partial charge on any atom is -0.379 e. The van der Waals surface area contributed by atoms with Gasteiger partial charge in [0.15, 0.2) is 5.60 Å². The SMILES string of the molecule is CC(C)N1CC2CC1C(O)(C(F)(F)F)C2. The molecule has 1 saturated carbocycles. The van der Waals surface area contributed by atoms with Crippen LogP contribution in [0.4, 0.5) is 13.2 Å². The molecular formula is C10H16F3NO. The van der Waals surface area contributed by atoms with E-state index in [4.69, 9.17) is 0 Å². The first-order valence-corrected chi connectivity index (χ1v) is 5.30. The van der Waals surface area contributed by atoms with E-state index < -0.39 is 17.8 Å². The van der Waals surface area contributed by atoms with Gasteiger partial charge in [0, 0.05) is 18.6 Å². The van der Waals surface area contributed by atoms with E-state index in [1.165, 1.54) is 0 Å². The number of aliphatic hydroxyl groups is 1. The lowest BCUT2D eigenvalue weighted by Crippen LogP contribution is -2.60. The molecule has 2 fully saturated rings. The fourth-order valence-corrected chi connectivity index (χ4v) is 3.02. The Kier molecular flexibility index (Phi) is 2.32. The molecule has 0 aromatic rings. The molecule has 3 atom stereocenters. The highest BCUT2D eigenvalue weighted by molar-refractivity contribution is 5.11. The van der Waals surface area contributed by atoms with Gasteiger partial charge in [-0.15, -0.1) is 0 Å². The highest BCUT2D eigenvalue weighted by Crippen LogP contribution is 2.52. The smallest absolute Gasteiger partial charge is 0.379 e. The van der Waals surface area contributed by atoms with Gasteiger partial charge >= 0.3 is 6.18 Å². The second kappa shape index (κ2) is 3.10. The molecule has 3 unspecified atom stereocenters. The molecule has 2 bridgehead atoms. The van der Waals surface area contributed by atoms with E-state index in [0.717, 1.165) is 0 Å². The van der Waals surface area contributed by atoms with Crippen LogP contribution in [0.2, 0.25) is 0 Å². The van der Waals surface area contributed by atoms with Gasteiger partial charge in [-0.05, 0) is 32.6 Å². The van der Waals surface area contributed by atoms with E-state index in [1.807, 2.05) is 13.8 Å². The van der Waals surface area contributed by atoms with Crippen LogP contribution in [0.25, 0.3) is 0 Å². The monoisotopic (exact) mass is 223 g/mol. The topological polar surface area (TPSA) is 23.5 Å². The number of alkyl halides is 3. The number of fused-ring (bicyclic) bond motifs is 2. The zero-order chi connectivity index (χ0) is 11.4. The summed E-state index contributed by atoms with van der Waals surface area (Å²) in [4.78, 5) is 1.78. The first-order chi connectivity index (χ1) is 6.75. The van der Waals surface area contributed by atoms with Crippen molar-refractivity contribution in [2.75, 3.05) is 6.54 Å². The maximum absolute atomic E-state index is 12.8. The molecule has 1 N–H and O–H groups in total. The second-order valence-corrected chi connectivity index (χ2v) is 5.03. The van der Waals surface area contributed by atoms with Crippen LogP contribution in [0.5, 0.6) is 0 Å². The Labute approximate surface area is 87.1 Å². The molecule has 88 valence electrons. The van der Waals surface area contributed by atoms with Crippen molar-refractivity contribution in [2.45, 2.75) is 50.6 Å². The highest BCUT2D eigenvalue weighted by Gasteiger charge is 2.67. The van der Waals surface area contributed by atoms with Crippen LogP contribution in [0.3, 0.4) is 0 Å². The number of rotatable bonds is 1. The molecule has 1 aliphatic heterocycles. The summed E-state index contributed by atoms with van der Waals surface area (Å²) in [5, 5.41) is 9.77. The molecule has 0 aromatic heterocycles. The number of likely N-dealkylation sites (tertiary alicyclic amines) is 1. The van der Waals surface area contributed by atoms with Gasteiger partial charge < -0.3 is 5.11 Å². The second-order valence-electron chi connectivity index (χ2n) is 5.03. The standard InChI is InChI=1S/C10H16F3NO/c1-6(2)14-5-7-3-8(14)9(15,4-7)10(11,12)13/h6-8,15H,3-5H2,1-2H3. The number of piperidine rings is 1. The van der Waals surface area contributed by atoms with E-state index in [0.29, 0.717) is 13.0 Å². The van der Waals surface area contributed by atoms with Crippen molar-refractivity contribution in [1.82, 2.24) is 4.90 Å². The maximum Gasteiger partial charge on any atom is 0.418 e. The molecule has 0 spiro atoms. The summed E-state index contributed by atoms with van der Waals surface area (Å²) < 4.78 is 38.3. The van der Waals surface area contributed by atoms with Gasteiger partial charge in [0.05, 0.1) is 0 Å². The lowest BCUT2D eigenvalue weighted by Gasteiger charge is -2.42. The third kappa shape index (κ3) is 1.47. The third-order valence-electron chi connectivity index (χ3n) is 3.73. The number of halogens is 3. The zero-order valence-electron chi connectivity index (χ0n) is 8.88. The summed E-state index contributed by atoms with van der Waals surface area (Å²) in [5.41, 5.74) is -2.47. The lowest BCUT2D eigenvalue weighted by molar-refractivity contribution is -0.280. The van der Waals surface area contributed by atoms with Gasteiger partial charge in [-0.3, -0.25) is 4.90 Å². The van der Waals surface area contributed by atoms with Crippen LogP contribution in [0.15, 0.2) is 0 Å². The number of hydrogen-bond donors (Lipinski definition) is 1. The molecule has 15 heavy (non-hydrogen) atoms. The molecule has 2 nitrogen and oxygen atoms in total. The summed E-state index contributed by atoms with van der Waals surface area (Å²) in [6.07, 6.45) is -4.14. The van der Waals surface area contributed by atoms with Crippen molar-refractivity contribution in [2.24, 2.45) is 5.92 Å². The van der Waals surface area contributed by atoms with Crippen molar-refractivity contribution in [3.63, 3.8) is 0 Å². The third-order valence-corrected chi connectivity index (χ3v) is 3.73. The minimum absolute atomic E-state index is 0.00373. The van der Waals surface area contributed by atoms with E-state index in [1.54, 1.807) is 4.90 Å². The molecule has 5 heteroatoms. The van der Waals surface area contributed by atoms with Crippen LogP contribution in [-0.2, 0) is 0 Å². The molecule has 2 rings (SSSR count). The van der Waals surface area contributed by atoms with E-state index in [9.17, 15) is 18.3 Å². The Balaban J connectivity index is 2.25. The Morgan fingerprint density at radius 2 is 2.00 bits per heavy atom. The Bertz CT molecular complexity index is 266. The number of hydrogen-bond acceptors (Lipinski definition) is 2. The Hall–Kier alpha value is -0.290. The molecule has 2 aliphatic rings. The predicted molar refractivity (Wildman–Crippen MR) is 49.4 cm³/mol. The summed E-state index contributed by atoms with van der Waals surface area (Å²) in [5.74, 6) is 0.00373. The molecule has 0 radical (unpaired) electrons. The Morgan fingerprint density at radius 1 is 1.40 bits per heavy atom. The van der Waals surface area contributed by atoms with Crippen LogP contribution >= 0.6 is 0 Å². The van der Waals surface area contributed by atoms with Crippen molar-refractivity contribution in [3.8, 4) is 0 Å². The first kappa shape index (κ1) is 11.2. The van der Waals surface area contributed by atoms with E-state index >= 15 is 0 Å². The Morgan fingerprint density at radius 3 is 2.40 bits per heavy atom. The molecule has 0 amide bonds. The molecular weight excluding hydrogens is 207 g/mol. The predicted octanol–water partition coefficient (Wildman–Crippen LogP) is 1.78. The summed E-state index contributed by atoms with van der Waals surface area (Å²) >= 11 is 0. The average molecular weight is 223 g/mol. The summed E-state index contributed by atoms with van der Waals surface area (Å²) in [7, 11) is 0. The minimum atomic E-state index is -4.50. The van der Waals surface area contributed by atoms with Crippen LogP contribution < -0.4 is 0 Å². The lowest BCUT2D eigenvalue weighted by atomic mass is 9.91. The van der Waals surface area contributed by atoms with Crippen molar-refractivity contribution >= 4 is 0 Å². The van der Waals surface area contributed by atoms with E-state index in [-0.39, 0.29) is 18.4 Å². The van der Waals surface area contributed by atoms with Gasteiger partial charge in [-0.1, -0.05) is 0 Å². The van der Waals surface area contributed by atoms with Gasteiger partial charge in [0.25, 0.3) is 0 Å². The fraction of sp³-hybridized carbons (Fsp3) is 1.00. The normalized spacial score (nSPS) is 41.8. The zero-order valence-corrected chi connectivity index (χ0v) is 8.88. The number of nitrogens with zero attached hydrogens (tertiary/aromatic N) is 1. The van der Waals surface area contributed by atoms with Crippen LogP contribution in [0.1, 0.15) is 26.7 Å². The molecule has 0 aromatic carbocycles. The molecule has 1 saturated heterocycles. The maximum atomic E-state index is 12.8. The van der Waals surface area contributed by atoms with Crippen molar-refractivity contribution in [3.05, 3.63) is 0 Å². The van der Waals surface area contributed by atoms with Gasteiger partial charge in [0.1, 0.15) is 0 Å². The van der Waals surface area contributed by atoms with Gasteiger partial charge in [-0.2, -0.15) is 13.2 Å². The fourth-order valence-electron chi connectivity index (χ4n) is 3.02. The molecule has 1 aliphatic carbocycles. The van der Waals surface area contributed by atoms with Crippen LogP contribution in [-0.4, -0.2) is 40.4 Å². The van der Waals surface area contributed by atoms with Crippen LogP contribution in [0, 0.1) is 5.92 Å². The summed E-state index contributed by atoms with van der Waals surface area (Å²) in [6, 6.07) is -0.670.